The molecule has 1 amide bonds. The number of hydrogen-bond donors (Lipinski definition) is 2. The number of carbonyl (C=O) groups is 1. The average Bonchev–Trinajstić information content (AvgIpc) is 3.81. The molecule has 6 aromatic rings. The van der Waals surface area contributed by atoms with Crippen LogP contribution in [0.5, 0.6) is 5.75 Å². The van der Waals surface area contributed by atoms with E-state index in [2.05, 4.69) is 32.5 Å². The number of thiophene rings is 1. The van der Waals surface area contributed by atoms with E-state index in [1.165, 1.54) is 18.4 Å². The summed E-state index contributed by atoms with van der Waals surface area (Å²) in [7, 11) is 7.13. The van der Waals surface area contributed by atoms with Crippen LogP contribution in [0.15, 0.2) is 54.0 Å². The molecule has 4 aromatic heterocycles. The quantitative estimate of drug-likeness (QED) is 0.137. The fourth-order valence-corrected chi connectivity index (χ4v) is 6.33. The number of carbonyl (C=O) groups excluding carboxylic acids is 1. The number of fused-ring (bicyclic) bond motifs is 2. The van der Waals surface area contributed by atoms with E-state index in [0.29, 0.717) is 39.6 Å². The van der Waals surface area contributed by atoms with Crippen LogP contribution in [0.2, 0.25) is 0 Å². The van der Waals surface area contributed by atoms with Crippen molar-refractivity contribution in [1.82, 2.24) is 35.2 Å². The Bertz CT molecular complexity index is 2200. The lowest BCUT2D eigenvalue weighted by Crippen LogP contribution is -2.25. The summed E-state index contributed by atoms with van der Waals surface area (Å²) in [5, 5.41) is 18.4. The second-order valence-corrected chi connectivity index (χ2v) is 12.4. The lowest BCUT2D eigenvalue weighted by atomic mass is 9.96. The second kappa shape index (κ2) is 13.9. The van der Waals surface area contributed by atoms with Gasteiger partial charge in [0.25, 0.3) is 5.91 Å². The van der Waals surface area contributed by atoms with E-state index in [1.54, 1.807) is 23.9 Å². The van der Waals surface area contributed by atoms with Crippen molar-refractivity contribution < 1.29 is 23.0 Å². The van der Waals surface area contributed by atoms with Gasteiger partial charge in [-0.1, -0.05) is 12.0 Å². The van der Waals surface area contributed by atoms with Crippen molar-refractivity contribution in [2.45, 2.75) is 13.0 Å². The minimum absolute atomic E-state index is 0.0134. The number of nitrogens with zero attached hydrogens (tertiary/aromatic N) is 5. The lowest BCUT2D eigenvalue weighted by Gasteiger charge is -2.17. The van der Waals surface area contributed by atoms with Gasteiger partial charge in [-0.05, 0) is 56.6 Å². The highest BCUT2D eigenvalue weighted by Crippen LogP contribution is 2.47. The molecule has 4 heterocycles. The molecular weight excluding hydrogens is 636 g/mol. The molecule has 0 aliphatic heterocycles. The van der Waals surface area contributed by atoms with Crippen molar-refractivity contribution in [2.24, 2.45) is 7.05 Å². The van der Waals surface area contributed by atoms with Crippen molar-refractivity contribution in [3.05, 3.63) is 71.4 Å². The molecule has 2 N–H and O–H groups in total. The minimum Gasteiger partial charge on any atom is -0.490 e. The predicted octanol–water partition coefficient (Wildman–Crippen LogP) is 5.95. The highest BCUT2D eigenvalue weighted by atomic mass is 32.1. The van der Waals surface area contributed by atoms with Crippen molar-refractivity contribution in [1.29, 1.82) is 0 Å². The Morgan fingerprint density at radius 2 is 1.96 bits per heavy atom. The number of aryl methyl sites for hydroxylation is 1. The van der Waals surface area contributed by atoms with Crippen molar-refractivity contribution >= 4 is 38.2 Å². The molecule has 48 heavy (non-hydrogen) atoms. The molecule has 0 saturated heterocycles. The molecule has 13 heteroatoms. The number of rotatable bonds is 10. The summed E-state index contributed by atoms with van der Waals surface area (Å²) < 4.78 is 44.1. The number of halogens is 2. The Labute approximate surface area is 279 Å². The fraction of sp³-hybridized carbons (Fsp3) is 0.257. The van der Waals surface area contributed by atoms with Gasteiger partial charge in [0.1, 0.15) is 35.4 Å². The van der Waals surface area contributed by atoms with E-state index >= 15 is 4.39 Å². The molecule has 10 nitrogen and oxygen atoms in total. The summed E-state index contributed by atoms with van der Waals surface area (Å²) in [5.41, 5.74) is 4.23. The Morgan fingerprint density at radius 1 is 1.12 bits per heavy atom. The largest absolute Gasteiger partial charge is 0.490 e. The van der Waals surface area contributed by atoms with Crippen LogP contribution in [0.25, 0.3) is 54.8 Å². The smallest absolute Gasteiger partial charge is 0.296 e. The average molecular weight is 670 g/mol. The van der Waals surface area contributed by atoms with Gasteiger partial charge in [-0.15, -0.1) is 11.3 Å². The zero-order valence-electron chi connectivity index (χ0n) is 27.0. The molecule has 1 atom stereocenters. The number of nitrogens with one attached hydrogen (secondary N) is 2. The molecule has 0 radical (unpaired) electrons. The van der Waals surface area contributed by atoms with E-state index < -0.39 is 23.6 Å². The Balaban J connectivity index is 1.53. The van der Waals surface area contributed by atoms with Gasteiger partial charge in [0.05, 0.1) is 47.9 Å². The highest BCUT2D eigenvalue weighted by Gasteiger charge is 2.27. The number of benzene rings is 2. The van der Waals surface area contributed by atoms with Gasteiger partial charge < -0.3 is 14.8 Å². The molecule has 0 unspecified atom stereocenters. The molecule has 0 spiro atoms. The molecule has 0 aliphatic carbocycles. The number of pyridine rings is 1. The topological polar surface area (TPSA) is 110 Å². The highest BCUT2D eigenvalue weighted by molar-refractivity contribution is 7.18. The van der Waals surface area contributed by atoms with E-state index in [4.69, 9.17) is 14.5 Å². The monoisotopic (exact) mass is 669 g/mol. The zero-order valence-corrected chi connectivity index (χ0v) is 27.8. The third-order valence-corrected chi connectivity index (χ3v) is 8.62. The van der Waals surface area contributed by atoms with Crippen LogP contribution in [0.3, 0.4) is 0 Å². The fourth-order valence-electron chi connectivity index (χ4n) is 5.38. The molecular formula is C35H33F2N7O3S. The Morgan fingerprint density at radius 3 is 2.75 bits per heavy atom. The summed E-state index contributed by atoms with van der Waals surface area (Å²) >= 11 is 1.40. The number of ether oxygens (including phenoxy) is 2. The third-order valence-electron chi connectivity index (χ3n) is 7.69. The predicted molar refractivity (Wildman–Crippen MR) is 183 cm³/mol. The van der Waals surface area contributed by atoms with Gasteiger partial charge in [0, 0.05) is 52.9 Å². The minimum atomic E-state index is -0.808. The van der Waals surface area contributed by atoms with Gasteiger partial charge in [-0.25, -0.2) is 13.8 Å². The zero-order chi connectivity index (χ0) is 33.9. The molecule has 6 rings (SSSR count). The first-order valence-electron chi connectivity index (χ1n) is 15.1. The van der Waals surface area contributed by atoms with Crippen LogP contribution in [0.1, 0.15) is 18.7 Å². The number of H-pyrrole nitrogens is 1. The number of aromatic amines is 1. The first kappa shape index (κ1) is 32.8. The van der Waals surface area contributed by atoms with E-state index in [-0.39, 0.29) is 24.5 Å². The van der Waals surface area contributed by atoms with Gasteiger partial charge in [-0.3, -0.25) is 19.5 Å². The SMILES string of the molecule is COCCOc1cc(F)cc(F)c1-c1c(-c2cc([C@@H](C)NC(=O)C#CCN(C)C)[nH]n2)nc(-c2ccc3c(cnn3C)c2)c2ccsc12. The second-order valence-electron chi connectivity index (χ2n) is 11.4. The van der Waals surface area contributed by atoms with E-state index in [1.807, 2.05) is 55.7 Å². The maximum atomic E-state index is 16.0. The number of methoxy groups -OCH3 is 1. The maximum Gasteiger partial charge on any atom is 0.296 e. The molecule has 2 aromatic carbocycles. The number of amides is 1. The van der Waals surface area contributed by atoms with Crippen LogP contribution in [-0.4, -0.2) is 76.7 Å². The van der Waals surface area contributed by atoms with Crippen LogP contribution < -0.4 is 10.1 Å². The van der Waals surface area contributed by atoms with Crippen LogP contribution in [0.4, 0.5) is 8.78 Å². The van der Waals surface area contributed by atoms with Gasteiger partial charge in [0.2, 0.25) is 0 Å². The van der Waals surface area contributed by atoms with Crippen LogP contribution in [-0.2, 0) is 16.6 Å². The summed E-state index contributed by atoms with van der Waals surface area (Å²) in [6.07, 6.45) is 1.79. The number of aromatic nitrogens is 5. The third kappa shape index (κ3) is 6.64. The first-order valence-corrected chi connectivity index (χ1v) is 16.0. The van der Waals surface area contributed by atoms with E-state index in [0.717, 1.165) is 34.0 Å². The standard InChI is InChI=1S/C35H33F2N7O3S/c1-20(39-30(45)7-6-11-43(2)3)26-18-27(42-41-26)34-32(31-25(37)16-23(36)17-29(31)47-13-12-46-5)35-24(10-14-48-35)33(40-34)21-8-9-28-22(15-21)19-38-44(28)4/h8-10,14-20H,11-13H2,1-5H3,(H,39,45)(H,41,42)/t20-/m1/s1. The molecule has 0 aliphatic rings. The van der Waals surface area contributed by atoms with Gasteiger partial charge >= 0.3 is 0 Å². The molecule has 246 valence electrons. The molecule has 0 bridgehead atoms. The first-order chi connectivity index (χ1) is 23.1. The normalized spacial score (nSPS) is 12.0. The summed E-state index contributed by atoms with van der Waals surface area (Å²) in [6.45, 7) is 2.55. The Kier molecular flexibility index (Phi) is 9.49. The molecule has 0 fully saturated rings. The van der Waals surface area contributed by atoms with Crippen molar-refractivity contribution in [3.8, 4) is 51.4 Å². The van der Waals surface area contributed by atoms with E-state index in [9.17, 15) is 9.18 Å². The van der Waals surface area contributed by atoms with Gasteiger partial charge in [0.15, 0.2) is 0 Å². The summed E-state index contributed by atoms with van der Waals surface area (Å²) in [6, 6.07) is 11.1. The summed E-state index contributed by atoms with van der Waals surface area (Å²) in [4.78, 5) is 19.5. The van der Waals surface area contributed by atoms with Crippen molar-refractivity contribution in [3.63, 3.8) is 0 Å². The van der Waals surface area contributed by atoms with Crippen LogP contribution in [0, 0.1) is 23.5 Å². The van der Waals surface area contributed by atoms with Gasteiger partial charge in [-0.2, -0.15) is 10.2 Å². The van der Waals surface area contributed by atoms with Crippen LogP contribution >= 0.6 is 11.3 Å². The Hall–Kier alpha value is -5.16. The lowest BCUT2D eigenvalue weighted by molar-refractivity contribution is -0.116. The number of hydrogen-bond acceptors (Lipinski definition) is 8. The summed E-state index contributed by atoms with van der Waals surface area (Å²) in [5.74, 6) is 3.41. The van der Waals surface area contributed by atoms with Crippen molar-refractivity contribution in [2.75, 3.05) is 41.0 Å². The maximum absolute atomic E-state index is 16.0. The molecule has 0 saturated carbocycles.